The quantitative estimate of drug-likeness (QED) is 0.872. The first-order chi connectivity index (χ1) is 10.8. The highest BCUT2D eigenvalue weighted by Gasteiger charge is 2.23. The molecule has 0 spiro atoms. The van der Waals surface area contributed by atoms with Crippen molar-refractivity contribution in [2.75, 3.05) is 27.0 Å². The molecular weight excluding hydrogens is 294 g/mol. The van der Waals surface area contributed by atoms with E-state index in [0.717, 1.165) is 24.5 Å². The van der Waals surface area contributed by atoms with Gasteiger partial charge in [0.05, 0.1) is 20.3 Å². The zero-order chi connectivity index (χ0) is 15.5. The topological polar surface area (TPSA) is 30.5 Å². The summed E-state index contributed by atoms with van der Waals surface area (Å²) in [6.07, 6.45) is 3.11. The van der Waals surface area contributed by atoms with E-state index in [1.54, 1.807) is 26.0 Å². The van der Waals surface area contributed by atoms with E-state index in [-0.39, 0.29) is 6.04 Å². The zero-order valence-corrected chi connectivity index (χ0v) is 14.0. The summed E-state index contributed by atoms with van der Waals surface area (Å²) < 4.78 is 10.9. The van der Waals surface area contributed by atoms with Crippen LogP contribution in [0.1, 0.15) is 22.7 Å². The molecule has 1 aliphatic heterocycles. The molecule has 1 atom stereocenters. The van der Waals surface area contributed by atoms with Crippen LogP contribution in [0.2, 0.25) is 0 Å². The molecule has 0 bridgehead atoms. The molecule has 3 rings (SSSR count). The van der Waals surface area contributed by atoms with Gasteiger partial charge in [0.2, 0.25) is 0 Å². The first-order valence-corrected chi connectivity index (χ1v) is 8.61. The number of nitrogens with one attached hydrogen (secondary N) is 1. The average molecular weight is 315 g/mol. The maximum Gasteiger partial charge on any atom is 0.161 e. The summed E-state index contributed by atoms with van der Waals surface area (Å²) in [5, 5.41) is 3.61. The molecule has 1 N–H and O–H groups in total. The van der Waals surface area contributed by atoms with Crippen molar-refractivity contribution in [1.29, 1.82) is 0 Å². The van der Waals surface area contributed by atoms with Crippen molar-refractivity contribution in [3.63, 3.8) is 0 Å². The van der Waals surface area contributed by atoms with Gasteiger partial charge in [-0.15, -0.1) is 11.8 Å². The van der Waals surface area contributed by atoms with Gasteiger partial charge in [-0.25, -0.2) is 0 Å². The highest BCUT2D eigenvalue weighted by atomic mass is 32.2. The fraction of sp³-hybridized carbons (Fsp3) is 0.333. The first kappa shape index (κ1) is 15.3. The third-order valence-corrected chi connectivity index (χ3v) is 4.89. The third-order valence-electron chi connectivity index (χ3n) is 4.15. The number of hydrogen-bond donors (Lipinski definition) is 1. The number of benzene rings is 2. The molecule has 0 saturated carbocycles. The minimum Gasteiger partial charge on any atom is -0.493 e. The average Bonchev–Trinajstić information content (AvgIpc) is 2.60. The zero-order valence-electron chi connectivity index (χ0n) is 13.2. The maximum absolute atomic E-state index is 5.47. The summed E-state index contributed by atoms with van der Waals surface area (Å²) in [6.45, 7) is 0.970. The number of fused-ring (bicyclic) bond motifs is 1. The Hall–Kier alpha value is -1.65. The lowest BCUT2D eigenvalue weighted by molar-refractivity contribution is 0.353. The molecule has 1 aliphatic rings. The molecule has 0 aromatic heterocycles. The Bertz CT molecular complexity index is 655. The Labute approximate surface area is 136 Å². The van der Waals surface area contributed by atoms with Crippen LogP contribution >= 0.6 is 11.8 Å². The van der Waals surface area contributed by atoms with Crippen LogP contribution in [0.5, 0.6) is 11.5 Å². The molecule has 3 nitrogen and oxygen atoms in total. The first-order valence-electron chi connectivity index (χ1n) is 7.39. The largest absolute Gasteiger partial charge is 0.493 e. The molecule has 0 amide bonds. The predicted octanol–water partition coefficient (Wildman–Crippen LogP) is 3.66. The monoisotopic (exact) mass is 315 g/mol. The van der Waals surface area contributed by atoms with Gasteiger partial charge in [0.1, 0.15) is 0 Å². The lowest BCUT2D eigenvalue weighted by atomic mass is 9.89. The summed E-state index contributed by atoms with van der Waals surface area (Å²) in [5.74, 6) is 1.59. The van der Waals surface area contributed by atoms with Crippen LogP contribution in [-0.2, 0) is 6.42 Å². The normalized spacial score (nSPS) is 17.0. The molecule has 0 aliphatic carbocycles. The van der Waals surface area contributed by atoms with Crippen molar-refractivity contribution in [2.24, 2.45) is 0 Å². The van der Waals surface area contributed by atoms with E-state index in [1.165, 1.54) is 21.6 Å². The van der Waals surface area contributed by atoms with Gasteiger partial charge in [0.25, 0.3) is 0 Å². The summed E-state index contributed by atoms with van der Waals surface area (Å²) in [6, 6.07) is 13.2. The number of thioether (sulfide) groups is 1. The fourth-order valence-corrected chi connectivity index (χ4v) is 3.39. The Balaban J connectivity index is 2.02. The molecule has 4 heteroatoms. The van der Waals surface area contributed by atoms with Gasteiger partial charge in [0.15, 0.2) is 11.5 Å². The minimum atomic E-state index is 0.208. The van der Waals surface area contributed by atoms with Crippen molar-refractivity contribution < 1.29 is 9.47 Å². The number of ether oxygens (including phenoxy) is 2. The van der Waals surface area contributed by atoms with Crippen molar-refractivity contribution in [2.45, 2.75) is 17.4 Å². The molecule has 0 fully saturated rings. The second kappa shape index (κ2) is 6.63. The van der Waals surface area contributed by atoms with Gasteiger partial charge in [0, 0.05) is 11.4 Å². The lowest BCUT2D eigenvalue weighted by Crippen LogP contribution is -2.30. The minimum absolute atomic E-state index is 0.208. The lowest BCUT2D eigenvalue weighted by Gasteiger charge is -2.28. The molecule has 0 saturated heterocycles. The summed E-state index contributed by atoms with van der Waals surface area (Å²) in [7, 11) is 3.37. The van der Waals surface area contributed by atoms with E-state index < -0.39 is 0 Å². The molecule has 116 valence electrons. The van der Waals surface area contributed by atoms with Gasteiger partial charge in [-0.3, -0.25) is 0 Å². The number of methoxy groups -OCH3 is 2. The highest BCUT2D eigenvalue weighted by Crippen LogP contribution is 2.37. The molecule has 0 radical (unpaired) electrons. The van der Waals surface area contributed by atoms with Crippen LogP contribution in [0.25, 0.3) is 0 Å². The molecule has 2 aromatic rings. The predicted molar refractivity (Wildman–Crippen MR) is 91.3 cm³/mol. The number of rotatable bonds is 4. The van der Waals surface area contributed by atoms with E-state index in [0.29, 0.717) is 0 Å². The highest BCUT2D eigenvalue weighted by molar-refractivity contribution is 7.98. The van der Waals surface area contributed by atoms with Gasteiger partial charge >= 0.3 is 0 Å². The van der Waals surface area contributed by atoms with E-state index in [2.05, 4.69) is 48.0 Å². The Morgan fingerprint density at radius 3 is 2.36 bits per heavy atom. The van der Waals surface area contributed by atoms with Crippen LogP contribution < -0.4 is 14.8 Å². The summed E-state index contributed by atoms with van der Waals surface area (Å²) >= 11 is 1.76. The van der Waals surface area contributed by atoms with Crippen LogP contribution in [0.3, 0.4) is 0 Å². The van der Waals surface area contributed by atoms with Crippen LogP contribution in [0.15, 0.2) is 41.3 Å². The van der Waals surface area contributed by atoms with Gasteiger partial charge < -0.3 is 14.8 Å². The van der Waals surface area contributed by atoms with Crippen LogP contribution in [0.4, 0.5) is 0 Å². The molecule has 22 heavy (non-hydrogen) atoms. The van der Waals surface area contributed by atoms with Crippen molar-refractivity contribution in [3.8, 4) is 11.5 Å². The SMILES string of the molecule is COc1cc2c(cc1OC)C(c1ccc(SC)cc1)NCC2. The molecular formula is C18H21NO2S. The van der Waals surface area contributed by atoms with Crippen molar-refractivity contribution in [1.82, 2.24) is 5.32 Å². The fourth-order valence-electron chi connectivity index (χ4n) is 2.98. The Kier molecular flexibility index (Phi) is 4.60. The standard InChI is InChI=1S/C18H21NO2S/c1-20-16-10-13-8-9-19-18(15(13)11-17(16)21-2)12-4-6-14(22-3)7-5-12/h4-7,10-11,18-19H,8-9H2,1-3H3. The van der Waals surface area contributed by atoms with Crippen LogP contribution in [-0.4, -0.2) is 27.0 Å². The second-order valence-corrected chi connectivity index (χ2v) is 6.20. The number of hydrogen-bond acceptors (Lipinski definition) is 4. The van der Waals surface area contributed by atoms with E-state index >= 15 is 0 Å². The molecule has 1 unspecified atom stereocenters. The van der Waals surface area contributed by atoms with Gasteiger partial charge in [-0.05, 0) is 53.6 Å². The summed E-state index contributed by atoms with van der Waals surface area (Å²) in [5.41, 5.74) is 3.89. The van der Waals surface area contributed by atoms with Crippen LogP contribution in [0, 0.1) is 0 Å². The maximum atomic E-state index is 5.47. The van der Waals surface area contributed by atoms with E-state index in [1.807, 2.05) is 0 Å². The summed E-state index contributed by atoms with van der Waals surface area (Å²) in [4.78, 5) is 1.28. The Morgan fingerprint density at radius 1 is 1.05 bits per heavy atom. The van der Waals surface area contributed by atoms with Crippen molar-refractivity contribution in [3.05, 3.63) is 53.1 Å². The molecule has 1 heterocycles. The second-order valence-electron chi connectivity index (χ2n) is 5.32. The molecule has 2 aromatic carbocycles. The van der Waals surface area contributed by atoms with E-state index in [4.69, 9.17) is 9.47 Å². The smallest absolute Gasteiger partial charge is 0.161 e. The van der Waals surface area contributed by atoms with Crippen molar-refractivity contribution >= 4 is 11.8 Å². The van der Waals surface area contributed by atoms with Gasteiger partial charge in [-0.2, -0.15) is 0 Å². The van der Waals surface area contributed by atoms with E-state index in [9.17, 15) is 0 Å². The Morgan fingerprint density at radius 2 is 1.73 bits per heavy atom. The third kappa shape index (κ3) is 2.81. The van der Waals surface area contributed by atoms with Gasteiger partial charge in [-0.1, -0.05) is 12.1 Å².